The van der Waals surface area contributed by atoms with Crippen LogP contribution in [0, 0.1) is 0 Å². The molecule has 86 valence electrons. The van der Waals surface area contributed by atoms with Crippen molar-refractivity contribution in [2.75, 3.05) is 0 Å². The summed E-state index contributed by atoms with van der Waals surface area (Å²) in [5, 5.41) is 1.10. The zero-order valence-electron chi connectivity index (χ0n) is 8.36. The van der Waals surface area contributed by atoms with Crippen LogP contribution in [0.5, 0.6) is 0 Å². The van der Waals surface area contributed by atoms with Gasteiger partial charge in [-0.3, -0.25) is 0 Å². The second-order valence-electron chi connectivity index (χ2n) is 3.67. The van der Waals surface area contributed by atoms with Crippen molar-refractivity contribution < 1.29 is 0 Å². The highest BCUT2D eigenvalue weighted by Gasteiger charge is 2.18. The van der Waals surface area contributed by atoms with Gasteiger partial charge in [0, 0.05) is 0 Å². The van der Waals surface area contributed by atoms with Gasteiger partial charge in [-0.2, -0.15) is 0 Å². The van der Waals surface area contributed by atoms with Crippen LogP contribution >= 0.6 is 46.4 Å². The minimum atomic E-state index is 0.206. The molecule has 0 aromatic carbocycles. The van der Waals surface area contributed by atoms with Crippen LogP contribution in [0.1, 0.15) is 31.4 Å². The van der Waals surface area contributed by atoms with Gasteiger partial charge in [-0.15, -0.1) is 0 Å². The predicted molar refractivity (Wildman–Crippen MR) is 70.7 cm³/mol. The van der Waals surface area contributed by atoms with Gasteiger partial charge in [0.25, 0.3) is 0 Å². The molecular formula is C11H9Cl4N. The second kappa shape index (κ2) is 5.14. The number of rotatable bonds is 1. The third-order valence-corrected chi connectivity index (χ3v) is 4.26. The summed E-state index contributed by atoms with van der Waals surface area (Å²) in [5.74, 6) is 0. The van der Waals surface area contributed by atoms with Gasteiger partial charge in [0.2, 0.25) is 0 Å². The molecule has 0 saturated heterocycles. The average molecular weight is 297 g/mol. The summed E-state index contributed by atoms with van der Waals surface area (Å²) in [6.07, 6.45) is 6.49. The summed E-state index contributed by atoms with van der Waals surface area (Å²) in [5.41, 5.74) is 1.78. The Bertz CT molecular complexity index is 454. The van der Waals surface area contributed by atoms with Crippen LogP contribution in [0.3, 0.4) is 0 Å². The quantitative estimate of drug-likeness (QED) is 0.610. The van der Waals surface area contributed by atoms with Gasteiger partial charge in [0.15, 0.2) is 0 Å². The van der Waals surface area contributed by atoms with E-state index in [9.17, 15) is 0 Å². The van der Waals surface area contributed by atoms with Crippen LogP contribution < -0.4 is 0 Å². The molecule has 0 saturated carbocycles. The fourth-order valence-electron chi connectivity index (χ4n) is 1.75. The standard InChI is InChI=1S/C11H9Cl4N/c12-7-8(13)10(16-11(15)9(7)14)6-4-2-1-3-5-6/h4H,1-3,5H2. The van der Waals surface area contributed by atoms with Crippen LogP contribution in [0.2, 0.25) is 20.2 Å². The van der Waals surface area contributed by atoms with Crippen LogP contribution in [0.25, 0.3) is 5.57 Å². The fraction of sp³-hybridized carbons (Fsp3) is 0.364. The summed E-state index contributed by atoms with van der Waals surface area (Å²) < 4.78 is 0. The number of nitrogens with zero attached hydrogens (tertiary/aromatic N) is 1. The molecule has 0 bridgehead atoms. The smallest absolute Gasteiger partial charge is 0.149 e. The first-order valence-electron chi connectivity index (χ1n) is 5.00. The maximum atomic E-state index is 6.13. The van der Waals surface area contributed by atoms with Gasteiger partial charge >= 0.3 is 0 Å². The molecule has 0 N–H and O–H groups in total. The third-order valence-electron chi connectivity index (χ3n) is 2.58. The third kappa shape index (κ3) is 2.33. The van der Waals surface area contributed by atoms with E-state index in [1.807, 2.05) is 0 Å². The molecule has 0 amide bonds. The van der Waals surface area contributed by atoms with E-state index in [2.05, 4.69) is 11.1 Å². The Morgan fingerprint density at radius 2 is 1.69 bits per heavy atom. The number of hydrogen-bond acceptors (Lipinski definition) is 1. The van der Waals surface area contributed by atoms with E-state index in [4.69, 9.17) is 46.4 Å². The molecule has 1 aromatic heterocycles. The zero-order chi connectivity index (χ0) is 11.7. The molecule has 0 radical (unpaired) electrons. The van der Waals surface area contributed by atoms with Gasteiger partial charge in [0.1, 0.15) is 5.15 Å². The number of halogens is 4. The predicted octanol–water partition coefficient (Wildman–Crippen LogP) is 5.65. The van der Waals surface area contributed by atoms with Gasteiger partial charge in [0.05, 0.1) is 20.8 Å². The molecule has 1 aromatic rings. The highest BCUT2D eigenvalue weighted by Crippen LogP contribution is 2.40. The maximum absolute atomic E-state index is 6.13. The summed E-state index contributed by atoms with van der Waals surface area (Å²) in [7, 11) is 0. The Hall–Kier alpha value is 0.0500. The second-order valence-corrected chi connectivity index (χ2v) is 5.16. The highest BCUT2D eigenvalue weighted by atomic mass is 35.5. The van der Waals surface area contributed by atoms with E-state index in [-0.39, 0.29) is 15.2 Å². The average Bonchev–Trinajstić information content (AvgIpc) is 2.32. The summed E-state index contributed by atoms with van der Waals surface area (Å²) >= 11 is 23.9. The van der Waals surface area contributed by atoms with Crippen molar-refractivity contribution in [1.29, 1.82) is 0 Å². The minimum absolute atomic E-state index is 0.206. The normalized spacial score (nSPS) is 16.1. The number of pyridine rings is 1. The number of hydrogen-bond donors (Lipinski definition) is 0. The lowest BCUT2D eigenvalue weighted by atomic mass is 9.97. The maximum Gasteiger partial charge on any atom is 0.149 e. The molecule has 0 aliphatic heterocycles. The molecule has 2 rings (SSSR count). The van der Waals surface area contributed by atoms with Crippen LogP contribution in [0.4, 0.5) is 0 Å². The van der Waals surface area contributed by atoms with Crippen molar-refractivity contribution in [2.45, 2.75) is 25.7 Å². The first-order valence-corrected chi connectivity index (χ1v) is 6.52. The van der Waals surface area contributed by atoms with Gasteiger partial charge in [-0.25, -0.2) is 4.98 Å². The van der Waals surface area contributed by atoms with Crippen LogP contribution in [-0.2, 0) is 0 Å². The van der Waals surface area contributed by atoms with Crippen molar-refractivity contribution in [3.63, 3.8) is 0 Å². The van der Waals surface area contributed by atoms with E-state index in [0.717, 1.165) is 24.8 Å². The molecule has 1 heterocycles. The largest absolute Gasteiger partial charge is 0.233 e. The zero-order valence-corrected chi connectivity index (χ0v) is 11.4. The van der Waals surface area contributed by atoms with E-state index in [1.54, 1.807) is 0 Å². The summed E-state index contributed by atoms with van der Waals surface area (Å²) in [4.78, 5) is 4.21. The van der Waals surface area contributed by atoms with Crippen LogP contribution in [0.15, 0.2) is 6.08 Å². The molecule has 1 nitrogen and oxygen atoms in total. The van der Waals surface area contributed by atoms with Gasteiger partial charge in [-0.05, 0) is 31.3 Å². The molecule has 5 heteroatoms. The van der Waals surface area contributed by atoms with Crippen molar-refractivity contribution in [3.05, 3.63) is 32.0 Å². The van der Waals surface area contributed by atoms with E-state index < -0.39 is 0 Å². The van der Waals surface area contributed by atoms with E-state index >= 15 is 0 Å². The Labute approximate surface area is 114 Å². The molecule has 0 spiro atoms. The van der Waals surface area contributed by atoms with Crippen molar-refractivity contribution in [2.24, 2.45) is 0 Å². The minimum Gasteiger partial charge on any atom is -0.233 e. The lowest BCUT2D eigenvalue weighted by Gasteiger charge is -2.14. The highest BCUT2D eigenvalue weighted by molar-refractivity contribution is 6.51. The SMILES string of the molecule is Clc1nc(C2=CCCCC2)c(Cl)c(Cl)c1Cl. The summed E-state index contributed by atoms with van der Waals surface area (Å²) in [6, 6.07) is 0. The Morgan fingerprint density at radius 1 is 0.938 bits per heavy atom. The molecule has 0 fully saturated rings. The van der Waals surface area contributed by atoms with E-state index in [0.29, 0.717) is 10.7 Å². The number of aromatic nitrogens is 1. The van der Waals surface area contributed by atoms with Gasteiger partial charge in [-0.1, -0.05) is 52.5 Å². The molecule has 16 heavy (non-hydrogen) atoms. The van der Waals surface area contributed by atoms with Crippen LogP contribution in [-0.4, -0.2) is 4.98 Å². The van der Waals surface area contributed by atoms with E-state index in [1.165, 1.54) is 6.42 Å². The molecule has 0 unspecified atom stereocenters. The molecule has 0 atom stereocenters. The topological polar surface area (TPSA) is 12.9 Å². The number of allylic oxidation sites excluding steroid dienone is 2. The Kier molecular flexibility index (Phi) is 4.01. The lowest BCUT2D eigenvalue weighted by Crippen LogP contribution is -1.97. The lowest BCUT2D eigenvalue weighted by molar-refractivity contribution is 0.740. The molecule has 1 aliphatic carbocycles. The first-order chi connectivity index (χ1) is 7.61. The van der Waals surface area contributed by atoms with Crippen molar-refractivity contribution in [1.82, 2.24) is 4.98 Å². The molecular weight excluding hydrogens is 288 g/mol. The van der Waals surface area contributed by atoms with Crippen molar-refractivity contribution >= 4 is 52.0 Å². The monoisotopic (exact) mass is 295 g/mol. The molecule has 1 aliphatic rings. The Balaban J connectivity index is 2.53. The summed E-state index contributed by atoms with van der Waals surface area (Å²) in [6.45, 7) is 0. The fourth-order valence-corrected chi connectivity index (χ4v) is 2.60. The van der Waals surface area contributed by atoms with Crippen molar-refractivity contribution in [3.8, 4) is 0 Å². The Morgan fingerprint density at radius 3 is 2.31 bits per heavy atom. The van der Waals surface area contributed by atoms with Gasteiger partial charge < -0.3 is 0 Å². The first kappa shape index (κ1) is 12.5.